The van der Waals surface area contributed by atoms with E-state index in [-0.39, 0.29) is 17.7 Å². The van der Waals surface area contributed by atoms with E-state index in [0.717, 1.165) is 23.8 Å². The lowest BCUT2D eigenvalue weighted by Gasteiger charge is -2.41. The van der Waals surface area contributed by atoms with Crippen LogP contribution in [0.1, 0.15) is 31.4 Å². The minimum Gasteiger partial charge on any atom is -0.345 e. The number of hydrogen-bond acceptors (Lipinski definition) is 5. The summed E-state index contributed by atoms with van der Waals surface area (Å²) < 4.78 is 0. The summed E-state index contributed by atoms with van der Waals surface area (Å²) >= 11 is 1.63. The molecule has 2 aromatic rings. The molecule has 7 heteroatoms. The molecular formula is C22H28N4O2S. The van der Waals surface area contributed by atoms with Crippen molar-refractivity contribution in [2.75, 3.05) is 31.1 Å². The third-order valence-electron chi connectivity index (χ3n) is 5.72. The Morgan fingerprint density at radius 3 is 2.52 bits per heavy atom. The molecule has 2 aliphatic heterocycles. The van der Waals surface area contributed by atoms with Gasteiger partial charge < -0.3 is 14.7 Å². The highest BCUT2D eigenvalue weighted by molar-refractivity contribution is 7.13. The van der Waals surface area contributed by atoms with E-state index in [1.165, 1.54) is 5.56 Å². The van der Waals surface area contributed by atoms with Crippen LogP contribution < -0.4 is 4.90 Å². The van der Waals surface area contributed by atoms with E-state index < -0.39 is 6.04 Å². The summed E-state index contributed by atoms with van der Waals surface area (Å²) in [6.45, 7) is 7.52. The standard InChI is InChI=1S/C22H28N4O2S/c1-16(2)13-20(27)26-15-18-6-4-3-5-17(18)14-19(26)21(28)24-8-10-25(11-9-24)22-23-7-12-29-22/h3-7,12,16,19H,8-11,13-15H2,1-2H3. The highest BCUT2D eigenvalue weighted by atomic mass is 32.1. The maximum atomic E-state index is 13.5. The van der Waals surface area contributed by atoms with Crippen LogP contribution in [0.3, 0.4) is 0 Å². The number of rotatable bonds is 4. The predicted octanol–water partition coefficient (Wildman–Crippen LogP) is 2.79. The molecule has 0 aliphatic carbocycles. The van der Waals surface area contributed by atoms with Gasteiger partial charge in [-0.15, -0.1) is 11.3 Å². The van der Waals surface area contributed by atoms with Crippen molar-refractivity contribution >= 4 is 28.3 Å². The van der Waals surface area contributed by atoms with Crippen LogP contribution in [0.15, 0.2) is 35.8 Å². The zero-order chi connectivity index (χ0) is 20.4. The quantitative estimate of drug-likeness (QED) is 0.775. The highest BCUT2D eigenvalue weighted by Gasteiger charge is 2.37. The molecule has 0 bridgehead atoms. The molecule has 6 nitrogen and oxygen atoms in total. The topological polar surface area (TPSA) is 56.8 Å². The lowest BCUT2D eigenvalue weighted by molar-refractivity contribution is -0.147. The monoisotopic (exact) mass is 412 g/mol. The molecule has 154 valence electrons. The second kappa shape index (κ2) is 8.53. The Kier molecular flexibility index (Phi) is 5.85. The normalized spacial score (nSPS) is 19.4. The number of piperazine rings is 1. The van der Waals surface area contributed by atoms with Gasteiger partial charge in [-0.05, 0) is 17.0 Å². The largest absolute Gasteiger partial charge is 0.345 e. The average molecular weight is 413 g/mol. The van der Waals surface area contributed by atoms with Crippen molar-refractivity contribution in [3.05, 3.63) is 47.0 Å². The molecule has 0 radical (unpaired) electrons. The second-order valence-electron chi connectivity index (χ2n) is 8.24. The first-order chi connectivity index (χ1) is 14.0. The summed E-state index contributed by atoms with van der Waals surface area (Å²) in [6, 6.07) is 7.77. The molecule has 1 unspecified atom stereocenters. The van der Waals surface area contributed by atoms with Gasteiger partial charge in [-0.2, -0.15) is 0 Å². The summed E-state index contributed by atoms with van der Waals surface area (Å²) in [6.07, 6.45) is 2.89. The first-order valence-electron chi connectivity index (χ1n) is 10.3. The molecule has 0 saturated carbocycles. The lowest BCUT2D eigenvalue weighted by atomic mass is 9.92. The number of nitrogens with zero attached hydrogens (tertiary/aromatic N) is 4. The molecule has 0 spiro atoms. The summed E-state index contributed by atoms with van der Waals surface area (Å²) in [5, 5.41) is 2.99. The maximum absolute atomic E-state index is 13.5. The molecule has 3 heterocycles. The van der Waals surface area contributed by atoms with Crippen molar-refractivity contribution in [3.8, 4) is 0 Å². The van der Waals surface area contributed by atoms with E-state index in [1.807, 2.05) is 47.4 Å². The molecule has 2 amide bonds. The second-order valence-corrected chi connectivity index (χ2v) is 9.11. The van der Waals surface area contributed by atoms with Gasteiger partial charge in [0.1, 0.15) is 6.04 Å². The summed E-state index contributed by atoms with van der Waals surface area (Å²) in [7, 11) is 0. The number of hydrogen-bond donors (Lipinski definition) is 0. The molecule has 1 aromatic carbocycles. The molecule has 2 aliphatic rings. The van der Waals surface area contributed by atoms with E-state index >= 15 is 0 Å². The van der Waals surface area contributed by atoms with Gasteiger partial charge in [-0.25, -0.2) is 4.98 Å². The van der Waals surface area contributed by atoms with Crippen molar-refractivity contribution in [3.63, 3.8) is 0 Å². The van der Waals surface area contributed by atoms with Crippen molar-refractivity contribution < 1.29 is 9.59 Å². The minimum atomic E-state index is -0.400. The van der Waals surface area contributed by atoms with Gasteiger partial charge in [-0.3, -0.25) is 9.59 Å². The smallest absolute Gasteiger partial charge is 0.245 e. The Morgan fingerprint density at radius 2 is 1.86 bits per heavy atom. The molecule has 4 rings (SSSR count). The van der Waals surface area contributed by atoms with Gasteiger partial charge in [0.15, 0.2) is 5.13 Å². The van der Waals surface area contributed by atoms with Gasteiger partial charge in [-0.1, -0.05) is 38.1 Å². The number of fused-ring (bicyclic) bond motifs is 1. The van der Waals surface area contributed by atoms with Crippen LogP contribution in [0.5, 0.6) is 0 Å². The molecule has 0 N–H and O–H groups in total. The number of carbonyl (C=O) groups excluding carboxylic acids is 2. The van der Waals surface area contributed by atoms with Crippen LogP contribution in [0, 0.1) is 5.92 Å². The van der Waals surface area contributed by atoms with Crippen molar-refractivity contribution in [2.24, 2.45) is 5.92 Å². The van der Waals surface area contributed by atoms with E-state index in [1.54, 1.807) is 11.3 Å². The molecule has 29 heavy (non-hydrogen) atoms. The number of benzene rings is 1. The van der Waals surface area contributed by atoms with E-state index in [9.17, 15) is 9.59 Å². The number of thiazole rings is 1. The third kappa shape index (κ3) is 4.29. The molecule has 1 aromatic heterocycles. The Morgan fingerprint density at radius 1 is 1.14 bits per heavy atom. The number of carbonyl (C=O) groups is 2. The number of aromatic nitrogens is 1. The maximum Gasteiger partial charge on any atom is 0.245 e. The van der Waals surface area contributed by atoms with E-state index in [0.29, 0.717) is 32.5 Å². The SMILES string of the molecule is CC(C)CC(=O)N1Cc2ccccc2CC1C(=O)N1CCN(c2nccs2)CC1. The van der Waals surface area contributed by atoms with Crippen LogP contribution in [-0.4, -0.2) is 58.8 Å². The van der Waals surface area contributed by atoms with Gasteiger partial charge in [0, 0.05) is 57.1 Å². The summed E-state index contributed by atoms with van der Waals surface area (Å²) in [5.41, 5.74) is 2.34. The number of anilines is 1. The third-order valence-corrected chi connectivity index (χ3v) is 6.55. The fourth-order valence-corrected chi connectivity index (χ4v) is 4.87. The highest BCUT2D eigenvalue weighted by Crippen LogP contribution is 2.27. The average Bonchev–Trinajstić information content (AvgIpc) is 3.27. The van der Waals surface area contributed by atoms with Gasteiger partial charge in [0.25, 0.3) is 0 Å². The number of amides is 2. The molecule has 1 fully saturated rings. The van der Waals surface area contributed by atoms with E-state index in [4.69, 9.17) is 0 Å². The summed E-state index contributed by atoms with van der Waals surface area (Å²) in [4.78, 5) is 36.8. The minimum absolute atomic E-state index is 0.0780. The van der Waals surface area contributed by atoms with Gasteiger partial charge in [0.2, 0.25) is 11.8 Å². The van der Waals surface area contributed by atoms with Crippen LogP contribution in [0.2, 0.25) is 0 Å². The Hall–Kier alpha value is -2.41. The Balaban J connectivity index is 1.49. The zero-order valence-electron chi connectivity index (χ0n) is 17.1. The Bertz CT molecular complexity index is 859. The van der Waals surface area contributed by atoms with E-state index in [2.05, 4.69) is 22.0 Å². The van der Waals surface area contributed by atoms with Crippen molar-refractivity contribution in [1.29, 1.82) is 0 Å². The van der Waals surface area contributed by atoms with Crippen LogP contribution >= 0.6 is 11.3 Å². The van der Waals surface area contributed by atoms with Crippen molar-refractivity contribution in [2.45, 2.75) is 39.3 Å². The molecule has 1 atom stereocenters. The first-order valence-corrected chi connectivity index (χ1v) is 11.2. The van der Waals surface area contributed by atoms with Crippen LogP contribution in [-0.2, 0) is 22.6 Å². The first kappa shape index (κ1) is 19.9. The van der Waals surface area contributed by atoms with Gasteiger partial charge in [0.05, 0.1) is 0 Å². The lowest BCUT2D eigenvalue weighted by Crippen LogP contribution is -2.57. The summed E-state index contributed by atoms with van der Waals surface area (Å²) in [5.74, 6) is 0.432. The zero-order valence-corrected chi connectivity index (χ0v) is 17.9. The Labute approximate surface area is 176 Å². The van der Waals surface area contributed by atoms with Crippen LogP contribution in [0.4, 0.5) is 5.13 Å². The molecule has 1 saturated heterocycles. The van der Waals surface area contributed by atoms with Crippen LogP contribution in [0.25, 0.3) is 0 Å². The fourth-order valence-electron chi connectivity index (χ4n) is 4.17. The molecular weight excluding hydrogens is 384 g/mol. The van der Waals surface area contributed by atoms with Gasteiger partial charge >= 0.3 is 0 Å². The predicted molar refractivity (Wildman–Crippen MR) is 115 cm³/mol. The van der Waals surface area contributed by atoms with Crippen molar-refractivity contribution in [1.82, 2.24) is 14.8 Å². The fraction of sp³-hybridized carbons (Fsp3) is 0.500.